The molecule has 0 aliphatic rings. The Morgan fingerprint density at radius 1 is 1.09 bits per heavy atom. The predicted octanol–water partition coefficient (Wildman–Crippen LogP) is 3.24. The van der Waals surface area contributed by atoms with Crippen molar-refractivity contribution in [2.45, 2.75) is 13.0 Å². The zero-order chi connectivity index (χ0) is 16.7. The normalized spacial score (nSPS) is 12.0. The number of nitrogens with one attached hydrogen (secondary N) is 1. The molecule has 5 nitrogen and oxygen atoms in total. The number of pyridine rings is 1. The number of hydrogen-bond donors (Lipinski definition) is 1. The average Bonchev–Trinajstić information content (AvgIpc) is 2.56. The highest BCUT2D eigenvalue weighted by molar-refractivity contribution is 5.89. The number of para-hydroxylation sites is 1. The monoisotopic (exact) mass is 312 g/mol. The van der Waals surface area contributed by atoms with E-state index in [0.29, 0.717) is 6.54 Å². The van der Waals surface area contributed by atoms with Gasteiger partial charge >= 0.3 is 6.03 Å². The molecule has 0 radical (unpaired) electrons. The fraction of sp³-hybridized carbons (Fsp3) is 0.333. The Balaban J connectivity index is 2.14. The van der Waals surface area contributed by atoms with Crippen molar-refractivity contribution >= 4 is 11.7 Å². The molecule has 1 unspecified atom stereocenters. The maximum Gasteiger partial charge on any atom is 0.322 e. The van der Waals surface area contributed by atoms with Crippen molar-refractivity contribution in [2.24, 2.45) is 0 Å². The van der Waals surface area contributed by atoms with Gasteiger partial charge in [-0.1, -0.05) is 18.2 Å². The number of carbonyl (C=O) groups excluding carboxylic acids is 1. The highest BCUT2D eigenvalue weighted by atomic mass is 16.2. The number of likely N-dealkylation sites (N-methyl/N-ethyl adjacent to an activating group) is 1. The number of urea groups is 1. The van der Waals surface area contributed by atoms with Crippen LogP contribution in [0.2, 0.25) is 0 Å². The van der Waals surface area contributed by atoms with Crippen LogP contribution in [0, 0.1) is 0 Å². The Kier molecular flexibility index (Phi) is 6.11. The second-order valence-electron chi connectivity index (χ2n) is 5.75. The molecule has 1 aromatic heterocycles. The minimum atomic E-state index is -0.0950. The lowest BCUT2D eigenvalue weighted by Crippen LogP contribution is -2.41. The Hall–Kier alpha value is -2.40. The van der Waals surface area contributed by atoms with Gasteiger partial charge in [0.2, 0.25) is 0 Å². The zero-order valence-corrected chi connectivity index (χ0v) is 13.9. The van der Waals surface area contributed by atoms with Crippen molar-refractivity contribution in [3.8, 4) is 0 Å². The summed E-state index contributed by atoms with van der Waals surface area (Å²) in [6, 6.07) is 13.3. The van der Waals surface area contributed by atoms with E-state index in [1.165, 1.54) is 0 Å². The number of amides is 2. The lowest BCUT2D eigenvalue weighted by molar-refractivity contribution is 0.185. The van der Waals surface area contributed by atoms with E-state index in [2.05, 4.69) is 15.2 Å². The standard InChI is InChI=1S/C18H24N4O/c1-15(16-9-11-19-12-10-16)22(14-13-21(2)3)18(23)20-17-7-5-4-6-8-17/h4-12,15H,13-14H2,1-3H3,(H,20,23). The lowest BCUT2D eigenvalue weighted by atomic mass is 10.1. The van der Waals surface area contributed by atoms with E-state index in [1.807, 2.05) is 68.4 Å². The highest BCUT2D eigenvalue weighted by Gasteiger charge is 2.21. The van der Waals surface area contributed by atoms with E-state index < -0.39 is 0 Å². The molecule has 1 aromatic carbocycles. The van der Waals surface area contributed by atoms with Gasteiger partial charge in [0.05, 0.1) is 6.04 Å². The van der Waals surface area contributed by atoms with Gasteiger partial charge in [-0.05, 0) is 50.8 Å². The first-order valence-corrected chi connectivity index (χ1v) is 7.75. The van der Waals surface area contributed by atoms with Crippen LogP contribution >= 0.6 is 0 Å². The SMILES string of the molecule is CC(c1ccncc1)N(CCN(C)C)C(=O)Nc1ccccc1. The van der Waals surface area contributed by atoms with Crippen molar-refractivity contribution in [1.82, 2.24) is 14.8 Å². The molecule has 0 aliphatic heterocycles. The zero-order valence-electron chi connectivity index (χ0n) is 13.9. The summed E-state index contributed by atoms with van der Waals surface area (Å²) >= 11 is 0. The number of rotatable bonds is 6. The largest absolute Gasteiger partial charge is 0.322 e. The summed E-state index contributed by atoms with van der Waals surface area (Å²) in [5.74, 6) is 0. The molecule has 0 saturated heterocycles. The van der Waals surface area contributed by atoms with Crippen LogP contribution in [0.1, 0.15) is 18.5 Å². The number of benzene rings is 1. The van der Waals surface area contributed by atoms with Gasteiger partial charge in [0.15, 0.2) is 0 Å². The van der Waals surface area contributed by atoms with Gasteiger partial charge in [0.1, 0.15) is 0 Å². The molecule has 1 N–H and O–H groups in total. The Labute approximate surface area is 137 Å². The van der Waals surface area contributed by atoms with Crippen molar-refractivity contribution < 1.29 is 4.79 Å². The van der Waals surface area contributed by atoms with Crippen LogP contribution in [0.25, 0.3) is 0 Å². The van der Waals surface area contributed by atoms with Crippen LogP contribution in [0.3, 0.4) is 0 Å². The molecular formula is C18H24N4O. The maximum atomic E-state index is 12.7. The van der Waals surface area contributed by atoms with E-state index in [-0.39, 0.29) is 12.1 Å². The molecule has 0 aliphatic carbocycles. The van der Waals surface area contributed by atoms with E-state index >= 15 is 0 Å². The van der Waals surface area contributed by atoms with E-state index in [1.54, 1.807) is 12.4 Å². The van der Waals surface area contributed by atoms with Crippen molar-refractivity contribution in [1.29, 1.82) is 0 Å². The Morgan fingerprint density at radius 3 is 2.35 bits per heavy atom. The lowest BCUT2D eigenvalue weighted by Gasteiger charge is -2.30. The van der Waals surface area contributed by atoms with Crippen molar-refractivity contribution in [3.05, 3.63) is 60.4 Å². The van der Waals surface area contributed by atoms with Gasteiger partial charge in [-0.15, -0.1) is 0 Å². The van der Waals surface area contributed by atoms with Crippen molar-refractivity contribution in [2.75, 3.05) is 32.5 Å². The summed E-state index contributed by atoms with van der Waals surface area (Å²) in [6.07, 6.45) is 3.51. The summed E-state index contributed by atoms with van der Waals surface area (Å²) in [6.45, 7) is 3.49. The van der Waals surface area contributed by atoms with Crippen LogP contribution in [0.4, 0.5) is 10.5 Å². The second-order valence-corrected chi connectivity index (χ2v) is 5.75. The van der Waals surface area contributed by atoms with Gasteiger partial charge < -0.3 is 15.1 Å². The van der Waals surface area contributed by atoms with Crippen LogP contribution in [-0.2, 0) is 0 Å². The first-order valence-electron chi connectivity index (χ1n) is 7.75. The molecule has 0 saturated carbocycles. The molecule has 2 amide bonds. The summed E-state index contributed by atoms with van der Waals surface area (Å²) in [4.78, 5) is 20.7. The smallest absolute Gasteiger partial charge is 0.316 e. The third-order valence-corrected chi connectivity index (χ3v) is 3.73. The van der Waals surface area contributed by atoms with E-state index in [4.69, 9.17) is 0 Å². The topological polar surface area (TPSA) is 48.5 Å². The number of hydrogen-bond acceptors (Lipinski definition) is 3. The summed E-state index contributed by atoms with van der Waals surface area (Å²) < 4.78 is 0. The number of aromatic nitrogens is 1. The average molecular weight is 312 g/mol. The molecule has 1 heterocycles. The summed E-state index contributed by atoms with van der Waals surface area (Å²) in [5, 5.41) is 2.97. The van der Waals surface area contributed by atoms with Gasteiger partial charge in [0.25, 0.3) is 0 Å². The molecule has 0 fully saturated rings. The van der Waals surface area contributed by atoms with Gasteiger partial charge in [0, 0.05) is 31.2 Å². The third-order valence-electron chi connectivity index (χ3n) is 3.73. The molecule has 2 rings (SSSR count). The first kappa shape index (κ1) is 17.0. The van der Waals surface area contributed by atoms with E-state index in [0.717, 1.165) is 17.8 Å². The minimum Gasteiger partial charge on any atom is -0.316 e. The highest BCUT2D eigenvalue weighted by Crippen LogP contribution is 2.20. The third kappa shape index (κ3) is 5.07. The molecule has 23 heavy (non-hydrogen) atoms. The first-order chi connectivity index (χ1) is 11.1. The van der Waals surface area contributed by atoms with Crippen LogP contribution < -0.4 is 5.32 Å². The number of carbonyl (C=O) groups is 1. The van der Waals surface area contributed by atoms with Crippen LogP contribution in [-0.4, -0.2) is 48.0 Å². The molecule has 2 aromatic rings. The minimum absolute atomic E-state index is 0.0262. The number of anilines is 1. The van der Waals surface area contributed by atoms with Gasteiger partial charge in [-0.3, -0.25) is 4.98 Å². The molecule has 0 bridgehead atoms. The second kappa shape index (κ2) is 8.29. The maximum absolute atomic E-state index is 12.7. The van der Waals surface area contributed by atoms with E-state index in [9.17, 15) is 4.79 Å². The number of nitrogens with zero attached hydrogens (tertiary/aromatic N) is 3. The van der Waals surface area contributed by atoms with Gasteiger partial charge in [-0.2, -0.15) is 0 Å². The fourth-order valence-electron chi connectivity index (χ4n) is 2.32. The summed E-state index contributed by atoms with van der Waals surface area (Å²) in [7, 11) is 4.01. The van der Waals surface area contributed by atoms with Gasteiger partial charge in [-0.25, -0.2) is 4.79 Å². The van der Waals surface area contributed by atoms with Crippen LogP contribution in [0.5, 0.6) is 0 Å². The Morgan fingerprint density at radius 2 is 1.74 bits per heavy atom. The molecule has 1 atom stereocenters. The molecular weight excluding hydrogens is 288 g/mol. The summed E-state index contributed by atoms with van der Waals surface area (Å²) in [5.41, 5.74) is 1.87. The Bertz CT molecular complexity index is 601. The fourth-order valence-corrected chi connectivity index (χ4v) is 2.32. The molecule has 0 spiro atoms. The molecule has 5 heteroatoms. The van der Waals surface area contributed by atoms with Crippen molar-refractivity contribution in [3.63, 3.8) is 0 Å². The van der Waals surface area contributed by atoms with Crippen LogP contribution in [0.15, 0.2) is 54.9 Å². The quantitative estimate of drug-likeness (QED) is 0.891. The molecule has 122 valence electrons. The predicted molar refractivity (Wildman–Crippen MR) is 93.4 cm³/mol.